The number of ether oxygens (including phenoxy) is 1. The van der Waals surface area contributed by atoms with Gasteiger partial charge in [-0.3, -0.25) is 10.1 Å². The summed E-state index contributed by atoms with van der Waals surface area (Å²) in [4.78, 5) is 8.68. The van der Waals surface area contributed by atoms with Crippen molar-refractivity contribution in [2.75, 3.05) is 18.4 Å². The van der Waals surface area contributed by atoms with Crippen molar-refractivity contribution in [2.45, 2.75) is 25.4 Å². The van der Waals surface area contributed by atoms with Crippen LogP contribution in [0.25, 0.3) is 0 Å². The van der Waals surface area contributed by atoms with E-state index in [1.54, 1.807) is 12.4 Å². The molecule has 3 rings (SSSR count). The second kappa shape index (κ2) is 6.65. The fourth-order valence-corrected chi connectivity index (χ4v) is 2.40. The predicted octanol–water partition coefficient (Wildman–Crippen LogP) is 2.01. The van der Waals surface area contributed by atoms with Gasteiger partial charge in [-0.15, -0.1) is 5.10 Å². The molecule has 0 unspecified atom stereocenters. The summed E-state index contributed by atoms with van der Waals surface area (Å²) in [7, 11) is 0. The number of anilines is 2. The van der Waals surface area contributed by atoms with Gasteiger partial charge in [0.1, 0.15) is 11.6 Å². The van der Waals surface area contributed by atoms with Gasteiger partial charge in [0.2, 0.25) is 5.88 Å². The molecule has 1 atom stereocenters. The zero-order valence-electron chi connectivity index (χ0n) is 11.7. The summed E-state index contributed by atoms with van der Waals surface area (Å²) in [6.45, 7) is -0.990. The van der Waals surface area contributed by atoms with Crippen LogP contribution in [0.15, 0.2) is 18.5 Å². The fourth-order valence-electron chi connectivity index (χ4n) is 2.40. The Morgan fingerprint density at radius 3 is 3.05 bits per heavy atom. The second-order valence-electron chi connectivity index (χ2n) is 5.00. The predicted molar refractivity (Wildman–Crippen MR) is 75.4 cm³/mol. The molecular weight excluding hydrogens is 294 g/mol. The SMILES string of the molecule is FC(F)Oc1cc(Nc2cncc([C@H]3CCCNC3)n2)[nH]n1. The monoisotopic (exact) mass is 310 g/mol. The maximum atomic E-state index is 12.1. The molecule has 3 heterocycles. The van der Waals surface area contributed by atoms with Gasteiger partial charge in [0.25, 0.3) is 0 Å². The first-order valence-corrected chi connectivity index (χ1v) is 7.00. The Kier molecular flexibility index (Phi) is 4.42. The number of halogens is 2. The minimum Gasteiger partial charge on any atom is -0.415 e. The molecule has 0 spiro atoms. The molecule has 2 aromatic rings. The molecule has 0 radical (unpaired) electrons. The molecule has 9 heteroatoms. The molecule has 1 fully saturated rings. The zero-order chi connectivity index (χ0) is 15.4. The molecule has 0 saturated carbocycles. The van der Waals surface area contributed by atoms with E-state index < -0.39 is 6.61 Å². The van der Waals surface area contributed by atoms with E-state index in [1.807, 2.05) is 0 Å². The standard InChI is InChI=1S/C13H16F2N6O/c14-13(15)22-12-4-10(20-21-12)19-11-7-17-6-9(18-11)8-2-1-3-16-5-8/h4,6-8,13,16H,1-3,5H2,(H2,18,19,20,21)/t8-/m0/s1. The van der Waals surface area contributed by atoms with Gasteiger partial charge < -0.3 is 15.4 Å². The Balaban J connectivity index is 1.68. The van der Waals surface area contributed by atoms with Gasteiger partial charge in [-0.1, -0.05) is 0 Å². The average molecular weight is 310 g/mol. The second-order valence-corrected chi connectivity index (χ2v) is 5.00. The van der Waals surface area contributed by atoms with Gasteiger partial charge in [0.05, 0.1) is 11.9 Å². The van der Waals surface area contributed by atoms with E-state index in [9.17, 15) is 8.78 Å². The van der Waals surface area contributed by atoms with Crippen molar-refractivity contribution in [3.63, 3.8) is 0 Å². The van der Waals surface area contributed by atoms with Crippen molar-refractivity contribution in [3.8, 4) is 5.88 Å². The number of aromatic nitrogens is 4. The molecule has 0 bridgehead atoms. The fraction of sp³-hybridized carbons (Fsp3) is 0.462. The lowest BCUT2D eigenvalue weighted by molar-refractivity contribution is -0.0528. The van der Waals surface area contributed by atoms with E-state index in [1.165, 1.54) is 6.07 Å². The van der Waals surface area contributed by atoms with Gasteiger partial charge in [0, 0.05) is 24.7 Å². The molecule has 118 valence electrons. The summed E-state index contributed by atoms with van der Waals surface area (Å²) in [5.41, 5.74) is 0.903. The van der Waals surface area contributed by atoms with Crippen molar-refractivity contribution in [3.05, 3.63) is 24.2 Å². The Hall–Kier alpha value is -2.29. The minimum atomic E-state index is -2.90. The molecule has 7 nitrogen and oxygen atoms in total. The number of rotatable bonds is 5. The van der Waals surface area contributed by atoms with E-state index in [4.69, 9.17) is 0 Å². The molecule has 1 aliphatic heterocycles. The van der Waals surface area contributed by atoms with Crippen LogP contribution < -0.4 is 15.4 Å². The molecule has 1 saturated heterocycles. The first kappa shape index (κ1) is 14.6. The minimum absolute atomic E-state index is 0.182. The average Bonchev–Trinajstić information content (AvgIpc) is 2.94. The largest absolute Gasteiger partial charge is 0.415 e. The lowest BCUT2D eigenvalue weighted by Crippen LogP contribution is -2.29. The summed E-state index contributed by atoms with van der Waals surface area (Å²) in [6, 6.07) is 1.34. The summed E-state index contributed by atoms with van der Waals surface area (Å²) >= 11 is 0. The Bertz CT molecular complexity index is 614. The van der Waals surface area contributed by atoms with Gasteiger partial charge in [0.15, 0.2) is 0 Å². The maximum Gasteiger partial charge on any atom is 0.388 e. The molecular formula is C13H16F2N6O. The van der Waals surface area contributed by atoms with E-state index in [0.29, 0.717) is 17.6 Å². The molecule has 22 heavy (non-hydrogen) atoms. The zero-order valence-corrected chi connectivity index (χ0v) is 11.7. The quantitative estimate of drug-likeness (QED) is 0.783. The summed E-state index contributed by atoms with van der Waals surface area (Å²) < 4.78 is 28.4. The highest BCUT2D eigenvalue weighted by Crippen LogP contribution is 2.23. The van der Waals surface area contributed by atoms with Gasteiger partial charge in [-0.05, 0) is 19.4 Å². The van der Waals surface area contributed by atoms with Gasteiger partial charge >= 0.3 is 6.61 Å². The lowest BCUT2D eigenvalue weighted by Gasteiger charge is -2.22. The van der Waals surface area contributed by atoms with E-state index in [0.717, 1.165) is 31.6 Å². The molecule has 3 N–H and O–H groups in total. The molecule has 0 amide bonds. The lowest BCUT2D eigenvalue weighted by atomic mass is 9.96. The van der Waals surface area contributed by atoms with Crippen LogP contribution in [0, 0.1) is 0 Å². The van der Waals surface area contributed by atoms with Crippen molar-refractivity contribution in [1.82, 2.24) is 25.5 Å². The highest BCUT2D eigenvalue weighted by Gasteiger charge is 2.17. The topological polar surface area (TPSA) is 87.8 Å². The molecule has 0 aliphatic carbocycles. The first-order valence-electron chi connectivity index (χ1n) is 7.00. The van der Waals surface area contributed by atoms with Crippen LogP contribution in [0.4, 0.5) is 20.4 Å². The third-order valence-electron chi connectivity index (χ3n) is 3.40. The van der Waals surface area contributed by atoms with Crippen LogP contribution >= 0.6 is 0 Å². The smallest absolute Gasteiger partial charge is 0.388 e. The van der Waals surface area contributed by atoms with E-state index >= 15 is 0 Å². The van der Waals surface area contributed by atoms with E-state index in [-0.39, 0.29) is 5.88 Å². The summed E-state index contributed by atoms with van der Waals surface area (Å²) in [5.74, 6) is 1.08. The van der Waals surface area contributed by atoms with Crippen LogP contribution in [0.3, 0.4) is 0 Å². The van der Waals surface area contributed by atoms with Gasteiger partial charge in [-0.2, -0.15) is 8.78 Å². The highest BCUT2D eigenvalue weighted by atomic mass is 19.3. The Morgan fingerprint density at radius 2 is 2.27 bits per heavy atom. The maximum absolute atomic E-state index is 12.1. The van der Waals surface area contributed by atoms with Crippen LogP contribution in [0.2, 0.25) is 0 Å². The highest BCUT2D eigenvalue weighted by molar-refractivity contribution is 5.51. The number of alkyl halides is 2. The van der Waals surface area contributed by atoms with Crippen molar-refractivity contribution >= 4 is 11.6 Å². The van der Waals surface area contributed by atoms with Crippen molar-refractivity contribution < 1.29 is 13.5 Å². The number of hydrogen-bond acceptors (Lipinski definition) is 6. The number of H-pyrrole nitrogens is 1. The molecule has 0 aromatic carbocycles. The third-order valence-corrected chi connectivity index (χ3v) is 3.40. The number of nitrogens with zero attached hydrogens (tertiary/aromatic N) is 3. The summed E-state index contributed by atoms with van der Waals surface area (Å²) in [6.07, 6.45) is 5.50. The first-order chi connectivity index (χ1) is 10.7. The van der Waals surface area contributed by atoms with Crippen LogP contribution in [-0.4, -0.2) is 39.9 Å². The van der Waals surface area contributed by atoms with Crippen LogP contribution in [-0.2, 0) is 0 Å². The Morgan fingerprint density at radius 1 is 1.36 bits per heavy atom. The molecule has 1 aliphatic rings. The van der Waals surface area contributed by atoms with Crippen molar-refractivity contribution in [1.29, 1.82) is 0 Å². The van der Waals surface area contributed by atoms with Crippen LogP contribution in [0.5, 0.6) is 5.88 Å². The number of nitrogens with one attached hydrogen (secondary N) is 3. The number of aromatic amines is 1. The van der Waals surface area contributed by atoms with Gasteiger partial charge in [-0.25, -0.2) is 4.98 Å². The number of hydrogen-bond donors (Lipinski definition) is 3. The Labute approximate surface area is 125 Å². The van der Waals surface area contributed by atoms with Crippen molar-refractivity contribution in [2.24, 2.45) is 0 Å². The summed E-state index contributed by atoms with van der Waals surface area (Å²) in [5, 5.41) is 12.4. The van der Waals surface area contributed by atoms with E-state index in [2.05, 4.69) is 35.5 Å². The van der Waals surface area contributed by atoms with Crippen LogP contribution in [0.1, 0.15) is 24.5 Å². The molecule has 2 aromatic heterocycles. The third kappa shape index (κ3) is 3.67. The normalized spacial score (nSPS) is 18.4. The number of piperidine rings is 1.